The molecule has 0 saturated carbocycles. The first-order valence-electron chi connectivity index (χ1n) is 25.7. The first kappa shape index (κ1) is 60.2. The highest BCUT2D eigenvalue weighted by atomic mass is 31.2. The van der Waals surface area contributed by atoms with Gasteiger partial charge >= 0.3 is 19.8 Å². The van der Waals surface area contributed by atoms with Gasteiger partial charge in [0.25, 0.3) is 0 Å². The third-order valence-corrected chi connectivity index (χ3v) is 12.2. The number of nitrogens with zero attached hydrogens (tertiary/aromatic N) is 1. The second-order valence-corrected chi connectivity index (χ2v) is 20.0. The molecule has 0 fully saturated rings. The fourth-order valence-electron chi connectivity index (χ4n) is 7.15. The molecule has 0 spiro atoms. The molecule has 0 amide bonds. The Labute approximate surface area is 382 Å². The van der Waals surface area contributed by atoms with Crippen LogP contribution in [-0.2, 0) is 32.7 Å². The lowest BCUT2D eigenvalue weighted by molar-refractivity contribution is -0.870. The van der Waals surface area contributed by atoms with E-state index in [4.69, 9.17) is 18.5 Å². The minimum atomic E-state index is -4.39. The molecule has 1 unspecified atom stereocenters. The third-order valence-electron chi connectivity index (χ3n) is 11.2. The number of carbonyl (C=O) groups is 2. The fourth-order valence-corrected chi connectivity index (χ4v) is 7.89. The van der Waals surface area contributed by atoms with Crippen molar-refractivity contribution >= 4 is 19.8 Å². The molecule has 0 rings (SSSR count). The summed E-state index contributed by atoms with van der Waals surface area (Å²) in [5, 5.41) is 0. The normalized spacial score (nSPS) is 13.7. The maximum atomic E-state index is 12.8. The van der Waals surface area contributed by atoms with Gasteiger partial charge in [-0.3, -0.25) is 18.6 Å². The largest absolute Gasteiger partial charge is 0.472 e. The molecule has 0 aromatic heterocycles. The van der Waals surface area contributed by atoms with Crippen LogP contribution in [0.4, 0.5) is 0 Å². The van der Waals surface area contributed by atoms with Crippen LogP contribution in [0.25, 0.3) is 0 Å². The molecular formula is C52H99NO8P+. The molecule has 0 saturated heterocycles. The van der Waals surface area contributed by atoms with Gasteiger partial charge in [0.1, 0.15) is 19.8 Å². The number of hydrogen-bond donors (Lipinski definition) is 1. The molecule has 0 radical (unpaired) electrons. The number of ether oxygens (including phenoxy) is 2. The van der Waals surface area contributed by atoms with E-state index >= 15 is 0 Å². The molecule has 62 heavy (non-hydrogen) atoms. The average Bonchev–Trinajstić information content (AvgIpc) is 3.23. The van der Waals surface area contributed by atoms with Crippen molar-refractivity contribution in [3.63, 3.8) is 0 Å². The third kappa shape index (κ3) is 47.7. The zero-order valence-electron chi connectivity index (χ0n) is 41.1. The van der Waals surface area contributed by atoms with Gasteiger partial charge in [-0.1, -0.05) is 211 Å². The molecule has 2 atom stereocenters. The van der Waals surface area contributed by atoms with E-state index in [1.165, 1.54) is 161 Å². The summed E-state index contributed by atoms with van der Waals surface area (Å²) < 4.78 is 34.4. The van der Waals surface area contributed by atoms with E-state index in [-0.39, 0.29) is 26.1 Å². The van der Waals surface area contributed by atoms with Crippen LogP contribution in [0.15, 0.2) is 36.5 Å². The summed E-state index contributed by atoms with van der Waals surface area (Å²) in [5.74, 6) is -0.850. The number of phosphoric ester groups is 1. The number of allylic oxidation sites excluding steroid dienone is 6. The van der Waals surface area contributed by atoms with Crippen LogP contribution in [0.5, 0.6) is 0 Å². The standard InChI is InChI=1S/C52H98NO8P/c1-6-8-10-12-14-16-18-20-22-24-25-26-27-29-31-33-35-37-39-41-43-45-52(55)61-50(49-60-62(56,57)59-47-46-53(3,4)5)48-58-51(54)44-42-40-38-36-34-32-30-28-23-21-19-17-15-13-11-9-7-2/h21,23,30,32,36,38,50H,6-20,22,24-29,31,33-35,37,39-49H2,1-5H3/p+1/b23-21+,32-30+,38-36+/t50-/m1/s1. The Morgan fingerprint density at radius 1 is 0.500 bits per heavy atom. The number of carbonyl (C=O) groups excluding carboxylic acids is 2. The Morgan fingerprint density at radius 3 is 1.34 bits per heavy atom. The fraction of sp³-hybridized carbons (Fsp3) is 0.846. The lowest BCUT2D eigenvalue weighted by atomic mass is 10.0. The van der Waals surface area contributed by atoms with Gasteiger partial charge in [-0.2, -0.15) is 0 Å². The van der Waals surface area contributed by atoms with E-state index in [1.807, 2.05) is 21.1 Å². The molecule has 1 N–H and O–H groups in total. The predicted molar refractivity (Wildman–Crippen MR) is 261 cm³/mol. The molecule has 0 aliphatic carbocycles. The van der Waals surface area contributed by atoms with Crippen LogP contribution in [0.1, 0.15) is 232 Å². The van der Waals surface area contributed by atoms with E-state index in [2.05, 4.69) is 50.3 Å². The number of phosphoric acid groups is 1. The van der Waals surface area contributed by atoms with Crippen molar-refractivity contribution in [3.8, 4) is 0 Å². The number of unbranched alkanes of at least 4 members (excludes halogenated alkanes) is 27. The predicted octanol–water partition coefficient (Wildman–Crippen LogP) is 15.3. The SMILES string of the molecule is CCCCCCCC/C=C/C/C=C/C/C=C/CCCC(=O)OC[C@H](COP(=O)(O)OCC[N+](C)(C)C)OC(=O)CCCCCCCCCCCCCCCCCCCCCCC. The van der Waals surface area contributed by atoms with E-state index in [0.29, 0.717) is 23.9 Å². The summed E-state index contributed by atoms with van der Waals surface area (Å²) in [4.78, 5) is 35.5. The van der Waals surface area contributed by atoms with Gasteiger partial charge in [0.15, 0.2) is 6.10 Å². The van der Waals surface area contributed by atoms with Crippen molar-refractivity contribution in [1.29, 1.82) is 0 Å². The lowest BCUT2D eigenvalue weighted by Gasteiger charge is -2.24. The van der Waals surface area contributed by atoms with Crippen LogP contribution in [0.2, 0.25) is 0 Å². The molecule has 0 bridgehead atoms. The summed E-state index contributed by atoms with van der Waals surface area (Å²) in [6.45, 7) is 4.39. The Bertz CT molecular complexity index is 1150. The maximum absolute atomic E-state index is 12.8. The summed E-state index contributed by atoms with van der Waals surface area (Å²) >= 11 is 0. The van der Waals surface area contributed by atoms with Gasteiger partial charge in [0.05, 0.1) is 27.7 Å². The highest BCUT2D eigenvalue weighted by Gasteiger charge is 2.27. The summed E-state index contributed by atoms with van der Waals surface area (Å²) in [6.07, 6.45) is 52.1. The molecule has 0 aromatic carbocycles. The smallest absolute Gasteiger partial charge is 0.462 e. The Hall–Kier alpha value is -1.77. The zero-order chi connectivity index (χ0) is 45.7. The maximum Gasteiger partial charge on any atom is 0.472 e. The van der Waals surface area contributed by atoms with Gasteiger partial charge in [0.2, 0.25) is 0 Å². The molecule has 10 heteroatoms. The monoisotopic (exact) mass is 897 g/mol. The molecule has 9 nitrogen and oxygen atoms in total. The minimum absolute atomic E-state index is 0.0254. The van der Waals surface area contributed by atoms with Gasteiger partial charge in [-0.05, 0) is 44.9 Å². The van der Waals surface area contributed by atoms with Crippen molar-refractivity contribution in [2.45, 2.75) is 238 Å². The average molecular weight is 897 g/mol. The van der Waals surface area contributed by atoms with E-state index in [1.54, 1.807) is 0 Å². The van der Waals surface area contributed by atoms with Crippen LogP contribution < -0.4 is 0 Å². The topological polar surface area (TPSA) is 108 Å². The van der Waals surface area contributed by atoms with Crippen LogP contribution in [0, 0.1) is 0 Å². The molecule has 0 aliphatic rings. The quantitative estimate of drug-likeness (QED) is 0.0212. The highest BCUT2D eigenvalue weighted by molar-refractivity contribution is 7.47. The van der Waals surface area contributed by atoms with Crippen LogP contribution >= 0.6 is 7.82 Å². The Morgan fingerprint density at radius 2 is 0.887 bits per heavy atom. The highest BCUT2D eigenvalue weighted by Crippen LogP contribution is 2.43. The zero-order valence-corrected chi connectivity index (χ0v) is 42.0. The van der Waals surface area contributed by atoms with E-state index in [0.717, 1.165) is 32.1 Å². The van der Waals surface area contributed by atoms with Crippen molar-refractivity contribution in [2.24, 2.45) is 0 Å². The number of likely N-dealkylation sites (N-methyl/N-ethyl adjacent to an activating group) is 1. The Kier molecular flexibility index (Phi) is 43.2. The first-order valence-corrected chi connectivity index (χ1v) is 27.2. The molecule has 364 valence electrons. The van der Waals surface area contributed by atoms with E-state index in [9.17, 15) is 19.0 Å². The Balaban J connectivity index is 4.29. The van der Waals surface area contributed by atoms with Gasteiger partial charge in [-0.25, -0.2) is 4.57 Å². The van der Waals surface area contributed by atoms with Crippen molar-refractivity contribution in [3.05, 3.63) is 36.5 Å². The summed E-state index contributed by atoms with van der Waals surface area (Å²) in [5.41, 5.74) is 0. The van der Waals surface area contributed by atoms with Crippen LogP contribution in [-0.4, -0.2) is 74.9 Å². The van der Waals surface area contributed by atoms with Crippen molar-refractivity contribution in [1.82, 2.24) is 0 Å². The number of hydrogen-bond acceptors (Lipinski definition) is 7. The van der Waals surface area contributed by atoms with Gasteiger partial charge < -0.3 is 18.9 Å². The van der Waals surface area contributed by atoms with Crippen molar-refractivity contribution in [2.75, 3.05) is 47.5 Å². The molecule has 0 aliphatic heterocycles. The number of esters is 2. The first-order chi connectivity index (χ1) is 30.0. The number of quaternary nitrogens is 1. The second kappa shape index (κ2) is 44.4. The number of rotatable bonds is 47. The second-order valence-electron chi connectivity index (χ2n) is 18.6. The minimum Gasteiger partial charge on any atom is -0.462 e. The van der Waals surface area contributed by atoms with Crippen molar-refractivity contribution < 1.29 is 42.1 Å². The van der Waals surface area contributed by atoms with Crippen LogP contribution in [0.3, 0.4) is 0 Å². The summed E-state index contributed by atoms with van der Waals surface area (Å²) in [7, 11) is 1.46. The lowest BCUT2D eigenvalue weighted by Crippen LogP contribution is -2.37. The van der Waals surface area contributed by atoms with E-state index < -0.39 is 32.5 Å². The summed E-state index contributed by atoms with van der Waals surface area (Å²) in [6, 6.07) is 0. The molecule has 0 heterocycles. The molecule has 0 aromatic rings. The van der Waals surface area contributed by atoms with Gasteiger partial charge in [0, 0.05) is 12.8 Å². The molecular weight excluding hydrogens is 798 g/mol. The van der Waals surface area contributed by atoms with Gasteiger partial charge in [-0.15, -0.1) is 0 Å².